The molecular formula is C21H20N2O5S. The molecule has 0 fully saturated rings. The Balaban J connectivity index is 2.03. The van der Waals surface area contributed by atoms with Crippen molar-refractivity contribution in [2.75, 3.05) is 13.7 Å². The second-order valence-electron chi connectivity index (χ2n) is 6.12. The van der Waals surface area contributed by atoms with Crippen molar-refractivity contribution in [3.05, 3.63) is 64.5 Å². The number of fused-ring (bicyclic) bond motifs is 1. The van der Waals surface area contributed by atoms with Gasteiger partial charge in [0.2, 0.25) is 0 Å². The summed E-state index contributed by atoms with van der Waals surface area (Å²) in [6, 6.07) is 14.3. The van der Waals surface area contributed by atoms with Crippen LogP contribution in [0.2, 0.25) is 0 Å². The number of esters is 2. The van der Waals surface area contributed by atoms with Crippen LogP contribution in [-0.4, -0.2) is 36.1 Å². The van der Waals surface area contributed by atoms with Gasteiger partial charge in [-0.15, -0.1) is 0 Å². The Labute approximate surface area is 171 Å². The molecule has 150 valence electrons. The fraction of sp³-hybridized carbons (Fsp3) is 0.238. The Morgan fingerprint density at radius 3 is 2.55 bits per heavy atom. The first kappa shape index (κ1) is 20.5. The molecule has 3 aromatic rings. The molecular weight excluding hydrogens is 392 g/mol. The van der Waals surface area contributed by atoms with Gasteiger partial charge in [-0.3, -0.25) is 9.59 Å². The van der Waals surface area contributed by atoms with Gasteiger partial charge in [0.25, 0.3) is 5.91 Å². The minimum absolute atomic E-state index is 0.0805. The summed E-state index contributed by atoms with van der Waals surface area (Å²) in [6.45, 7) is 1.90. The van der Waals surface area contributed by atoms with Crippen LogP contribution in [0.4, 0.5) is 0 Å². The van der Waals surface area contributed by atoms with Crippen molar-refractivity contribution in [3.63, 3.8) is 0 Å². The maximum Gasteiger partial charge on any atom is 0.337 e. The normalized spacial score (nSPS) is 11.4. The van der Waals surface area contributed by atoms with Gasteiger partial charge in [-0.05, 0) is 30.7 Å². The van der Waals surface area contributed by atoms with E-state index in [9.17, 15) is 14.4 Å². The topological polar surface area (TPSA) is 87.0 Å². The second kappa shape index (κ2) is 9.29. The van der Waals surface area contributed by atoms with E-state index in [2.05, 4.69) is 4.99 Å². The highest BCUT2D eigenvalue weighted by atomic mass is 32.1. The first-order chi connectivity index (χ1) is 14.0. The molecule has 1 aromatic heterocycles. The van der Waals surface area contributed by atoms with E-state index >= 15 is 0 Å². The first-order valence-electron chi connectivity index (χ1n) is 9.00. The van der Waals surface area contributed by atoms with Crippen LogP contribution in [0.25, 0.3) is 10.2 Å². The second-order valence-corrected chi connectivity index (χ2v) is 7.13. The lowest BCUT2D eigenvalue weighted by atomic mass is 10.1. The molecule has 0 aliphatic rings. The van der Waals surface area contributed by atoms with Crippen LogP contribution >= 0.6 is 11.3 Å². The predicted molar refractivity (Wildman–Crippen MR) is 109 cm³/mol. The van der Waals surface area contributed by atoms with Gasteiger partial charge in [0.15, 0.2) is 4.80 Å². The van der Waals surface area contributed by atoms with Crippen molar-refractivity contribution in [2.24, 2.45) is 4.99 Å². The van der Waals surface area contributed by atoms with Crippen LogP contribution in [0.1, 0.15) is 22.8 Å². The average Bonchev–Trinajstić information content (AvgIpc) is 3.04. The average molecular weight is 412 g/mol. The molecule has 0 N–H and O–H groups in total. The number of methoxy groups -OCH3 is 1. The number of rotatable bonds is 6. The van der Waals surface area contributed by atoms with Gasteiger partial charge in [0.1, 0.15) is 6.54 Å². The van der Waals surface area contributed by atoms with Gasteiger partial charge in [0.05, 0.1) is 35.9 Å². The summed E-state index contributed by atoms with van der Waals surface area (Å²) in [7, 11) is 1.31. The molecule has 8 heteroatoms. The summed E-state index contributed by atoms with van der Waals surface area (Å²) in [4.78, 5) is 41.0. The monoisotopic (exact) mass is 412 g/mol. The largest absolute Gasteiger partial charge is 0.465 e. The molecule has 0 spiro atoms. The highest BCUT2D eigenvalue weighted by molar-refractivity contribution is 7.16. The van der Waals surface area contributed by atoms with E-state index < -0.39 is 11.9 Å². The fourth-order valence-electron chi connectivity index (χ4n) is 2.81. The summed E-state index contributed by atoms with van der Waals surface area (Å²) >= 11 is 1.22. The van der Waals surface area contributed by atoms with Crippen LogP contribution in [0.5, 0.6) is 0 Å². The highest BCUT2D eigenvalue weighted by Gasteiger charge is 2.15. The van der Waals surface area contributed by atoms with Gasteiger partial charge >= 0.3 is 11.9 Å². The van der Waals surface area contributed by atoms with Crippen LogP contribution < -0.4 is 4.80 Å². The zero-order chi connectivity index (χ0) is 20.8. The lowest BCUT2D eigenvalue weighted by Gasteiger charge is -2.05. The lowest BCUT2D eigenvalue weighted by molar-refractivity contribution is -0.143. The number of hydrogen-bond acceptors (Lipinski definition) is 6. The number of aromatic nitrogens is 1. The molecule has 3 rings (SSSR count). The van der Waals surface area contributed by atoms with E-state index in [1.54, 1.807) is 29.7 Å². The van der Waals surface area contributed by atoms with Crippen LogP contribution in [0.15, 0.2) is 53.5 Å². The van der Waals surface area contributed by atoms with E-state index in [1.165, 1.54) is 18.4 Å². The number of carbonyl (C=O) groups excluding carboxylic acids is 3. The zero-order valence-electron chi connectivity index (χ0n) is 16.1. The summed E-state index contributed by atoms with van der Waals surface area (Å²) in [5, 5.41) is 0. The van der Waals surface area contributed by atoms with Crippen molar-refractivity contribution < 1.29 is 23.9 Å². The zero-order valence-corrected chi connectivity index (χ0v) is 16.9. The molecule has 0 aliphatic heterocycles. The number of hydrogen-bond donors (Lipinski definition) is 0. The molecule has 0 saturated carbocycles. The maximum atomic E-state index is 12.5. The molecule has 0 bridgehead atoms. The number of thiazole rings is 1. The SMILES string of the molecule is CCOC(=O)Cn1c(=NC(=O)Cc2ccccc2)sc2cc(C(=O)OC)ccc21. The van der Waals surface area contributed by atoms with E-state index in [4.69, 9.17) is 9.47 Å². The van der Waals surface area contributed by atoms with Gasteiger partial charge < -0.3 is 14.0 Å². The summed E-state index contributed by atoms with van der Waals surface area (Å²) < 4.78 is 12.1. The van der Waals surface area contributed by atoms with Gasteiger partial charge in [-0.1, -0.05) is 41.7 Å². The van der Waals surface area contributed by atoms with Gasteiger partial charge in [0, 0.05) is 0 Å². The van der Waals surface area contributed by atoms with E-state index in [-0.39, 0.29) is 25.5 Å². The van der Waals surface area contributed by atoms with Gasteiger partial charge in [-0.25, -0.2) is 4.79 Å². The molecule has 29 heavy (non-hydrogen) atoms. The molecule has 1 heterocycles. The quantitative estimate of drug-likeness (QED) is 0.581. The molecule has 0 saturated heterocycles. The molecule has 7 nitrogen and oxygen atoms in total. The Kier molecular flexibility index (Phi) is 6.56. The number of nitrogens with zero attached hydrogens (tertiary/aromatic N) is 2. The molecule has 0 unspecified atom stereocenters. The minimum atomic E-state index is -0.462. The Bertz CT molecular complexity index is 1120. The van der Waals surface area contributed by atoms with Crippen molar-refractivity contribution >= 4 is 39.4 Å². The Morgan fingerprint density at radius 2 is 1.86 bits per heavy atom. The van der Waals surface area contributed by atoms with Gasteiger partial charge in [-0.2, -0.15) is 4.99 Å². The van der Waals surface area contributed by atoms with Crippen LogP contribution in [0.3, 0.4) is 0 Å². The smallest absolute Gasteiger partial charge is 0.337 e. The van der Waals surface area contributed by atoms with E-state index in [0.29, 0.717) is 20.6 Å². The fourth-order valence-corrected chi connectivity index (χ4v) is 3.89. The molecule has 0 aliphatic carbocycles. The van der Waals surface area contributed by atoms with Crippen molar-refractivity contribution in [3.8, 4) is 0 Å². The lowest BCUT2D eigenvalue weighted by Crippen LogP contribution is -2.23. The Morgan fingerprint density at radius 1 is 1.10 bits per heavy atom. The third kappa shape index (κ3) is 4.97. The maximum absolute atomic E-state index is 12.5. The highest BCUT2D eigenvalue weighted by Crippen LogP contribution is 2.20. The summed E-state index contributed by atoms with van der Waals surface area (Å²) in [5.41, 5.74) is 1.92. The van der Waals surface area contributed by atoms with Crippen molar-refractivity contribution in [1.82, 2.24) is 4.57 Å². The summed E-state index contributed by atoms with van der Waals surface area (Å²) in [6.07, 6.45) is 0.155. The number of amides is 1. The molecule has 0 radical (unpaired) electrons. The minimum Gasteiger partial charge on any atom is -0.465 e. The van der Waals surface area contributed by atoms with Crippen molar-refractivity contribution in [2.45, 2.75) is 19.9 Å². The molecule has 2 aromatic carbocycles. The van der Waals surface area contributed by atoms with Crippen molar-refractivity contribution in [1.29, 1.82) is 0 Å². The third-order valence-corrected chi connectivity index (χ3v) is 5.16. The van der Waals surface area contributed by atoms with E-state index in [0.717, 1.165) is 5.56 Å². The number of benzene rings is 2. The van der Waals surface area contributed by atoms with Crippen LogP contribution in [-0.2, 0) is 32.0 Å². The standard InChI is InChI=1S/C21H20N2O5S/c1-3-28-19(25)13-23-16-10-9-15(20(26)27-2)12-17(16)29-21(23)22-18(24)11-14-7-5-4-6-8-14/h4-10,12H,3,11,13H2,1-2H3. The molecule has 0 atom stereocenters. The summed E-state index contributed by atoms with van der Waals surface area (Å²) in [5.74, 6) is -1.22. The van der Waals surface area contributed by atoms with E-state index in [1.807, 2.05) is 30.3 Å². The Hall–Kier alpha value is -3.26. The number of ether oxygens (including phenoxy) is 2. The number of carbonyl (C=O) groups is 3. The first-order valence-corrected chi connectivity index (χ1v) is 9.82. The predicted octanol–water partition coefficient (Wildman–Crippen LogP) is 2.72. The third-order valence-electron chi connectivity index (χ3n) is 4.11. The molecule has 1 amide bonds. The van der Waals surface area contributed by atoms with Crippen LogP contribution in [0, 0.1) is 0 Å².